The zero-order chi connectivity index (χ0) is 22.3. The molecular formula is C25H28N2O3S. The van der Waals surface area contributed by atoms with Crippen molar-refractivity contribution in [3.8, 4) is 0 Å². The molecule has 0 spiro atoms. The maximum absolute atomic E-state index is 13.3. The predicted octanol–water partition coefficient (Wildman–Crippen LogP) is 4.56. The van der Waals surface area contributed by atoms with Crippen LogP contribution in [0.3, 0.4) is 0 Å². The fraction of sp³-hybridized carbons (Fsp3) is 0.240. The topological polar surface area (TPSA) is 57.7 Å². The highest BCUT2D eigenvalue weighted by molar-refractivity contribution is 7.89. The van der Waals surface area contributed by atoms with Gasteiger partial charge < -0.3 is 4.90 Å². The molecule has 6 heteroatoms. The van der Waals surface area contributed by atoms with Gasteiger partial charge in [0.15, 0.2) is 0 Å². The summed E-state index contributed by atoms with van der Waals surface area (Å²) in [6, 6.07) is 25.9. The van der Waals surface area contributed by atoms with Gasteiger partial charge in [-0.3, -0.25) is 4.79 Å². The summed E-state index contributed by atoms with van der Waals surface area (Å²) in [6.45, 7) is 5.36. The second kappa shape index (κ2) is 10.4. The van der Waals surface area contributed by atoms with Crippen LogP contribution in [0.2, 0.25) is 0 Å². The van der Waals surface area contributed by atoms with Crippen LogP contribution in [0.4, 0.5) is 0 Å². The van der Waals surface area contributed by atoms with Crippen molar-refractivity contribution in [1.29, 1.82) is 0 Å². The molecule has 31 heavy (non-hydrogen) atoms. The first kappa shape index (κ1) is 22.7. The van der Waals surface area contributed by atoms with Crippen LogP contribution in [-0.4, -0.2) is 36.6 Å². The van der Waals surface area contributed by atoms with Gasteiger partial charge in [0.05, 0.1) is 4.90 Å². The fourth-order valence-electron chi connectivity index (χ4n) is 3.47. The number of benzene rings is 3. The Bertz CT molecular complexity index is 1040. The Hall–Kier alpha value is -2.96. The van der Waals surface area contributed by atoms with E-state index in [2.05, 4.69) is 0 Å². The standard InChI is InChI=1S/C25H28N2O3S/c1-3-27(4-2)31(29,30)24-17-15-23(16-18-24)25(28)26(19-21-11-7-5-8-12-21)20-22-13-9-6-10-14-22/h5-18H,3-4,19-20H2,1-2H3. The van der Waals surface area contributed by atoms with Crippen molar-refractivity contribution in [1.82, 2.24) is 9.21 Å². The Morgan fingerprint density at radius 2 is 1.16 bits per heavy atom. The number of carbonyl (C=O) groups excluding carboxylic acids is 1. The van der Waals surface area contributed by atoms with Gasteiger partial charge in [0.2, 0.25) is 10.0 Å². The average Bonchev–Trinajstić information content (AvgIpc) is 2.80. The molecule has 0 saturated heterocycles. The van der Waals surface area contributed by atoms with E-state index in [1.165, 1.54) is 16.4 Å². The molecule has 0 radical (unpaired) electrons. The lowest BCUT2D eigenvalue weighted by Crippen LogP contribution is -2.31. The van der Waals surface area contributed by atoms with Crippen molar-refractivity contribution in [3.63, 3.8) is 0 Å². The first-order chi connectivity index (χ1) is 15.0. The maximum atomic E-state index is 13.3. The molecule has 0 fully saturated rings. The van der Waals surface area contributed by atoms with Crippen LogP contribution in [0.5, 0.6) is 0 Å². The number of hydrogen-bond donors (Lipinski definition) is 0. The number of rotatable bonds is 9. The second-order valence-corrected chi connectivity index (χ2v) is 9.18. The molecule has 162 valence electrons. The molecule has 3 aromatic rings. The summed E-state index contributed by atoms with van der Waals surface area (Å²) in [5, 5.41) is 0. The molecule has 0 N–H and O–H groups in total. The molecule has 0 aliphatic carbocycles. The Balaban J connectivity index is 1.86. The second-order valence-electron chi connectivity index (χ2n) is 7.25. The molecule has 1 amide bonds. The molecule has 5 nitrogen and oxygen atoms in total. The van der Waals surface area contributed by atoms with Crippen molar-refractivity contribution in [3.05, 3.63) is 102 Å². The van der Waals surface area contributed by atoms with Gasteiger partial charge in [0, 0.05) is 31.7 Å². The SMILES string of the molecule is CCN(CC)S(=O)(=O)c1ccc(C(=O)N(Cc2ccccc2)Cc2ccccc2)cc1. The molecule has 0 aliphatic heterocycles. The van der Waals surface area contributed by atoms with Crippen LogP contribution in [0.25, 0.3) is 0 Å². The predicted molar refractivity (Wildman–Crippen MR) is 123 cm³/mol. The molecule has 3 aromatic carbocycles. The largest absolute Gasteiger partial charge is 0.330 e. The number of carbonyl (C=O) groups is 1. The van der Waals surface area contributed by atoms with E-state index in [-0.39, 0.29) is 10.8 Å². The summed E-state index contributed by atoms with van der Waals surface area (Å²) >= 11 is 0. The first-order valence-corrected chi connectivity index (χ1v) is 11.9. The number of nitrogens with zero attached hydrogens (tertiary/aromatic N) is 2. The average molecular weight is 437 g/mol. The Labute approximate surface area is 185 Å². The Kier molecular flexibility index (Phi) is 7.60. The van der Waals surface area contributed by atoms with Crippen LogP contribution in [0.15, 0.2) is 89.8 Å². The zero-order valence-corrected chi connectivity index (χ0v) is 18.8. The summed E-state index contributed by atoms with van der Waals surface area (Å²) in [6.07, 6.45) is 0. The van der Waals surface area contributed by atoms with Crippen LogP contribution < -0.4 is 0 Å². The highest BCUT2D eigenvalue weighted by Gasteiger charge is 2.23. The van der Waals surface area contributed by atoms with E-state index in [4.69, 9.17) is 0 Å². The molecule has 0 heterocycles. The van der Waals surface area contributed by atoms with Gasteiger partial charge in [-0.15, -0.1) is 0 Å². The van der Waals surface area contributed by atoms with Crippen molar-refractivity contribution in [2.45, 2.75) is 31.8 Å². The maximum Gasteiger partial charge on any atom is 0.254 e. The monoisotopic (exact) mass is 436 g/mol. The molecule has 0 atom stereocenters. The molecule has 0 saturated carbocycles. The number of amides is 1. The summed E-state index contributed by atoms with van der Waals surface area (Å²) < 4.78 is 26.8. The lowest BCUT2D eigenvalue weighted by Gasteiger charge is -2.24. The van der Waals surface area contributed by atoms with Crippen LogP contribution in [0, 0.1) is 0 Å². The van der Waals surface area contributed by atoms with Gasteiger partial charge in [-0.2, -0.15) is 4.31 Å². The van der Waals surface area contributed by atoms with Gasteiger partial charge in [-0.1, -0.05) is 74.5 Å². The zero-order valence-electron chi connectivity index (χ0n) is 17.9. The Morgan fingerprint density at radius 3 is 1.58 bits per heavy atom. The van der Waals surface area contributed by atoms with Crippen molar-refractivity contribution >= 4 is 15.9 Å². The minimum absolute atomic E-state index is 0.139. The van der Waals surface area contributed by atoms with Crippen molar-refractivity contribution in [2.24, 2.45) is 0 Å². The van der Waals surface area contributed by atoms with E-state index in [9.17, 15) is 13.2 Å². The van der Waals surface area contributed by atoms with E-state index in [0.717, 1.165) is 11.1 Å². The smallest absolute Gasteiger partial charge is 0.254 e. The van der Waals surface area contributed by atoms with Gasteiger partial charge in [-0.05, 0) is 35.4 Å². The summed E-state index contributed by atoms with van der Waals surface area (Å²) in [5.74, 6) is -0.139. The molecule has 3 rings (SSSR count). The van der Waals surface area contributed by atoms with Crippen LogP contribution in [-0.2, 0) is 23.1 Å². The van der Waals surface area contributed by atoms with E-state index in [0.29, 0.717) is 31.7 Å². The highest BCUT2D eigenvalue weighted by Crippen LogP contribution is 2.19. The van der Waals surface area contributed by atoms with Gasteiger partial charge >= 0.3 is 0 Å². The minimum atomic E-state index is -3.55. The highest BCUT2D eigenvalue weighted by atomic mass is 32.2. The summed E-state index contributed by atoms with van der Waals surface area (Å²) in [5.41, 5.74) is 2.53. The fourth-order valence-corrected chi connectivity index (χ4v) is 4.93. The third-order valence-corrected chi connectivity index (χ3v) is 7.23. The van der Waals surface area contributed by atoms with E-state index in [1.807, 2.05) is 74.5 Å². The number of hydrogen-bond acceptors (Lipinski definition) is 3. The van der Waals surface area contributed by atoms with Crippen molar-refractivity contribution in [2.75, 3.05) is 13.1 Å². The number of sulfonamides is 1. The van der Waals surface area contributed by atoms with E-state index >= 15 is 0 Å². The third kappa shape index (κ3) is 5.60. The quantitative estimate of drug-likeness (QED) is 0.494. The van der Waals surface area contributed by atoms with Crippen LogP contribution in [0.1, 0.15) is 35.3 Å². The Morgan fingerprint density at radius 1 is 0.710 bits per heavy atom. The third-order valence-electron chi connectivity index (χ3n) is 5.16. The summed E-state index contributed by atoms with van der Waals surface area (Å²) in [4.78, 5) is 15.3. The molecule has 0 unspecified atom stereocenters. The lowest BCUT2D eigenvalue weighted by molar-refractivity contribution is 0.0730. The molecule has 0 aromatic heterocycles. The van der Waals surface area contributed by atoms with Gasteiger partial charge in [0.1, 0.15) is 0 Å². The summed E-state index contributed by atoms with van der Waals surface area (Å²) in [7, 11) is -3.55. The molecule has 0 bridgehead atoms. The molecular weight excluding hydrogens is 408 g/mol. The molecule has 0 aliphatic rings. The van der Waals surface area contributed by atoms with Crippen molar-refractivity contribution < 1.29 is 13.2 Å². The lowest BCUT2D eigenvalue weighted by atomic mass is 10.1. The first-order valence-electron chi connectivity index (χ1n) is 10.4. The van der Waals surface area contributed by atoms with Gasteiger partial charge in [0.25, 0.3) is 5.91 Å². The normalized spacial score (nSPS) is 11.5. The van der Waals surface area contributed by atoms with Crippen LogP contribution >= 0.6 is 0 Å². The minimum Gasteiger partial charge on any atom is -0.330 e. The van der Waals surface area contributed by atoms with E-state index < -0.39 is 10.0 Å². The van der Waals surface area contributed by atoms with Gasteiger partial charge in [-0.25, -0.2) is 8.42 Å². The van der Waals surface area contributed by atoms with E-state index in [1.54, 1.807) is 17.0 Å².